The number of hydrogen-bond donors (Lipinski definition) is 1. The molecule has 0 aromatic carbocycles. The van der Waals surface area contributed by atoms with E-state index in [1.807, 2.05) is 0 Å². The Morgan fingerprint density at radius 2 is 2.18 bits per heavy atom. The largest absolute Gasteiger partial charge is 0.315 e. The lowest BCUT2D eigenvalue weighted by molar-refractivity contribution is 0.196. The summed E-state index contributed by atoms with van der Waals surface area (Å²) in [6.45, 7) is 3.76. The maximum Gasteiger partial charge on any atom is 0.0343 e. The zero-order valence-electron chi connectivity index (χ0n) is 7.10. The van der Waals surface area contributed by atoms with E-state index in [1.54, 1.807) is 0 Å². The Morgan fingerprint density at radius 1 is 1.36 bits per heavy atom. The van der Waals surface area contributed by atoms with Crippen LogP contribution < -0.4 is 5.32 Å². The molecule has 0 aromatic heterocycles. The molecule has 1 atom stereocenters. The van der Waals surface area contributed by atoms with Crippen molar-refractivity contribution in [2.45, 2.75) is 24.8 Å². The third kappa shape index (κ3) is 1.40. The summed E-state index contributed by atoms with van der Waals surface area (Å²) < 4.78 is 0. The van der Waals surface area contributed by atoms with E-state index < -0.39 is 0 Å². The fourth-order valence-corrected chi connectivity index (χ4v) is 2.34. The maximum atomic E-state index is 3.44. The first-order chi connectivity index (χ1) is 4.83. The third-order valence-corrected chi connectivity index (χ3v) is 3.17. The summed E-state index contributed by atoms with van der Waals surface area (Å²) in [5.41, 5.74) is 0.569. The fraction of sp³-hybridized carbons (Fsp3) is 1.00. The van der Waals surface area contributed by atoms with Crippen LogP contribution in [0.3, 0.4) is 0 Å². The maximum absolute atomic E-state index is 3.44. The molecule has 2 rings (SSSR count). The first-order valence-corrected chi connectivity index (χ1v) is 4.25. The topological polar surface area (TPSA) is 15.3 Å². The van der Waals surface area contributed by atoms with Crippen molar-refractivity contribution in [3.05, 3.63) is 0 Å². The smallest absolute Gasteiger partial charge is 0.0343 e. The van der Waals surface area contributed by atoms with E-state index in [-0.39, 0.29) is 12.4 Å². The van der Waals surface area contributed by atoms with Crippen LogP contribution in [0.15, 0.2) is 0 Å². The van der Waals surface area contributed by atoms with Gasteiger partial charge in [-0.05, 0) is 39.4 Å². The van der Waals surface area contributed by atoms with E-state index in [1.165, 1.54) is 38.9 Å². The Hall–Kier alpha value is 0.210. The van der Waals surface area contributed by atoms with Crippen LogP contribution >= 0.6 is 12.4 Å². The Bertz CT molecular complexity index is 127. The molecule has 2 aliphatic heterocycles. The first-order valence-electron chi connectivity index (χ1n) is 4.25. The Balaban J connectivity index is 0.000000605. The molecule has 11 heavy (non-hydrogen) atoms. The van der Waals surface area contributed by atoms with Crippen molar-refractivity contribution in [2.75, 3.05) is 26.7 Å². The molecule has 0 aromatic rings. The molecule has 2 aliphatic rings. The predicted octanol–water partition coefficient (Wildman–Crippen LogP) is 0.866. The van der Waals surface area contributed by atoms with Crippen LogP contribution in [0.25, 0.3) is 0 Å². The van der Waals surface area contributed by atoms with E-state index in [2.05, 4.69) is 17.3 Å². The molecule has 66 valence electrons. The van der Waals surface area contributed by atoms with Crippen molar-refractivity contribution in [3.63, 3.8) is 0 Å². The summed E-state index contributed by atoms with van der Waals surface area (Å²) in [4.78, 5) is 2.53. The van der Waals surface area contributed by atoms with E-state index >= 15 is 0 Å². The van der Waals surface area contributed by atoms with Crippen molar-refractivity contribution in [3.8, 4) is 0 Å². The summed E-state index contributed by atoms with van der Waals surface area (Å²) in [6.07, 6.45) is 4.18. The minimum atomic E-state index is 0. The molecule has 2 heterocycles. The highest BCUT2D eigenvalue weighted by molar-refractivity contribution is 5.85. The lowest BCUT2D eigenvalue weighted by atomic mass is 9.96. The Kier molecular flexibility index (Phi) is 2.79. The van der Waals surface area contributed by atoms with E-state index in [4.69, 9.17) is 0 Å². The van der Waals surface area contributed by atoms with Gasteiger partial charge in [0.2, 0.25) is 0 Å². The van der Waals surface area contributed by atoms with Crippen molar-refractivity contribution in [1.29, 1.82) is 0 Å². The third-order valence-electron chi connectivity index (χ3n) is 3.17. The summed E-state index contributed by atoms with van der Waals surface area (Å²) >= 11 is 0. The molecule has 3 heteroatoms. The zero-order chi connectivity index (χ0) is 7.03. The molecule has 1 unspecified atom stereocenters. The Labute approximate surface area is 74.7 Å². The van der Waals surface area contributed by atoms with Crippen LogP contribution in [0, 0.1) is 0 Å². The normalized spacial score (nSPS) is 37.9. The van der Waals surface area contributed by atoms with Crippen molar-refractivity contribution in [1.82, 2.24) is 10.2 Å². The minimum absolute atomic E-state index is 0. The zero-order valence-corrected chi connectivity index (χ0v) is 7.91. The van der Waals surface area contributed by atoms with E-state index in [0.717, 1.165) is 0 Å². The number of nitrogens with one attached hydrogen (secondary N) is 1. The average molecular weight is 177 g/mol. The predicted molar refractivity (Wildman–Crippen MR) is 49.3 cm³/mol. The second-order valence-corrected chi connectivity index (χ2v) is 3.68. The van der Waals surface area contributed by atoms with Gasteiger partial charge in [0, 0.05) is 12.1 Å². The average Bonchev–Trinajstić information content (AvgIpc) is 2.48. The molecule has 0 amide bonds. The van der Waals surface area contributed by atoms with Gasteiger partial charge in [0.1, 0.15) is 0 Å². The van der Waals surface area contributed by atoms with Gasteiger partial charge in [-0.2, -0.15) is 0 Å². The summed E-state index contributed by atoms with van der Waals surface area (Å²) in [7, 11) is 2.26. The molecule has 2 fully saturated rings. The highest BCUT2D eigenvalue weighted by atomic mass is 35.5. The SMILES string of the molecule is CN1CCCC12CCNC2.Cl. The summed E-state index contributed by atoms with van der Waals surface area (Å²) in [5, 5.41) is 3.44. The lowest BCUT2D eigenvalue weighted by Crippen LogP contribution is -2.42. The van der Waals surface area contributed by atoms with Gasteiger partial charge in [0.25, 0.3) is 0 Å². The molecule has 0 bridgehead atoms. The number of halogens is 1. The summed E-state index contributed by atoms with van der Waals surface area (Å²) in [6, 6.07) is 0. The van der Waals surface area contributed by atoms with Gasteiger partial charge in [-0.3, -0.25) is 4.90 Å². The number of likely N-dealkylation sites (N-methyl/N-ethyl adjacent to an activating group) is 1. The fourth-order valence-electron chi connectivity index (χ4n) is 2.34. The monoisotopic (exact) mass is 176 g/mol. The Morgan fingerprint density at radius 3 is 2.64 bits per heavy atom. The van der Waals surface area contributed by atoms with Gasteiger partial charge in [-0.1, -0.05) is 0 Å². The van der Waals surface area contributed by atoms with Crippen molar-refractivity contribution in [2.24, 2.45) is 0 Å². The van der Waals surface area contributed by atoms with Gasteiger partial charge < -0.3 is 5.32 Å². The standard InChI is InChI=1S/C8H16N2.ClH/c1-10-6-2-3-8(10)4-5-9-7-8;/h9H,2-7H2,1H3;1H. The molecule has 2 nitrogen and oxygen atoms in total. The summed E-state index contributed by atoms with van der Waals surface area (Å²) in [5.74, 6) is 0. The highest BCUT2D eigenvalue weighted by Gasteiger charge is 2.40. The molecule has 0 aliphatic carbocycles. The first kappa shape index (κ1) is 9.30. The second kappa shape index (κ2) is 3.30. The number of hydrogen-bond acceptors (Lipinski definition) is 2. The number of nitrogens with zero attached hydrogens (tertiary/aromatic N) is 1. The van der Waals surface area contributed by atoms with Gasteiger partial charge >= 0.3 is 0 Å². The minimum Gasteiger partial charge on any atom is -0.315 e. The van der Waals surface area contributed by atoms with Crippen LogP contribution in [0.5, 0.6) is 0 Å². The van der Waals surface area contributed by atoms with Gasteiger partial charge in [0.05, 0.1) is 0 Å². The molecule has 2 saturated heterocycles. The van der Waals surface area contributed by atoms with E-state index in [0.29, 0.717) is 5.54 Å². The highest BCUT2D eigenvalue weighted by Crippen LogP contribution is 2.32. The number of likely N-dealkylation sites (tertiary alicyclic amines) is 1. The quantitative estimate of drug-likeness (QED) is 0.589. The van der Waals surface area contributed by atoms with Crippen molar-refractivity contribution >= 4 is 12.4 Å². The number of rotatable bonds is 0. The van der Waals surface area contributed by atoms with Crippen LogP contribution in [-0.2, 0) is 0 Å². The molecule has 1 spiro atoms. The van der Waals surface area contributed by atoms with Crippen LogP contribution in [0.1, 0.15) is 19.3 Å². The molecular formula is C8H17ClN2. The van der Waals surface area contributed by atoms with Crippen LogP contribution in [0.2, 0.25) is 0 Å². The molecule has 1 N–H and O–H groups in total. The molecule has 0 saturated carbocycles. The second-order valence-electron chi connectivity index (χ2n) is 3.68. The van der Waals surface area contributed by atoms with E-state index in [9.17, 15) is 0 Å². The lowest BCUT2D eigenvalue weighted by Gasteiger charge is -2.30. The van der Waals surface area contributed by atoms with Crippen LogP contribution in [0.4, 0.5) is 0 Å². The van der Waals surface area contributed by atoms with Crippen molar-refractivity contribution < 1.29 is 0 Å². The molecule has 0 radical (unpaired) electrons. The molecular weight excluding hydrogens is 160 g/mol. The van der Waals surface area contributed by atoms with Gasteiger partial charge in [-0.15, -0.1) is 12.4 Å². The van der Waals surface area contributed by atoms with Gasteiger partial charge in [-0.25, -0.2) is 0 Å². The van der Waals surface area contributed by atoms with Gasteiger partial charge in [0.15, 0.2) is 0 Å². The van der Waals surface area contributed by atoms with Crippen LogP contribution in [-0.4, -0.2) is 37.1 Å².